The van der Waals surface area contributed by atoms with Crippen LogP contribution < -0.4 is 40.0 Å². The van der Waals surface area contributed by atoms with Crippen LogP contribution in [0.4, 0.5) is 0 Å². The zero-order valence-corrected chi connectivity index (χ0v) is 17.1. The zero-order chi connectivity index (χ0) is 17.6. The second-order valence-corrected chi connectivity index (χ2v) is 6.91. The van der Waals surface area contributed by atoms with E-state index in [1.807, 2.05) is 36.2 Å². The topological polar surface area (TPSA) is 90.3 Å². The van der Waals surface area contributed by atoms with E-state index in [1.165, 1.54) is 0 Å². The number of nitrogens with zero attached hydrogens (tertiary/aromatic N) is 3. The molecule has 1 aliphatic heterocycles. The van der Waals surface area contributed by atoms with Crippen molar-refractivity contribution in [2.24, 2.45) is 7.05 Å². The van der Waals surface area contributed by atoms with Crippen LogP contribution in [0.25, 0.3) is 10.9 Å². The van der Waals surface area contributed by atoms with E-state index in [-0.39, 0.29) is 47.5 Å². The first-order valence-electron chi connectivity index (χ1n) is 8.73. The number of fused-ring (bicyclic) bond motifs is 1. The first-order chi connectivity index (χ1) is 12.1. The van der Waals surface area contributed by atoms with Crippen molar-refractivity contribution < 1.29 is 44.3 Å². The van der Waals surface area contributed by atoms with Crippen molar-refractivity contribution in [3.05, 3.63) is 30.0 Å². The Morgan fingerprint density at radius 3 is 2.58 bits per heavy atom. The molecule has 26 heavy (non-hydrogen) atoms. The van der Waals surface area contributed by atoms with E-state index < -0.39 is 12.0 Å². The summed E-state index contributed by atoms with van der Waals surface area (Å²) >= 11 is 0. The van der Waals surface area contributed by atoms with Gasteiger partial charge >= 0.3 is 29.6 Å². The molecule has 4 rings (SSSR count). The Labute approximate surface area is 174 Å². The number of carboxylic acid groups (broad SMARTS) is 1. The van der Waals surface area contributed by atoms with Gasteiger partial charge in [-0.05, 0) is 31.7 Å². The zero-order valence-electron chi connectivity index (χ0n) is 15.1. The van der Waals surface area contributed by atoms with Gasteiger partial charge < -0.3 is 15.2 Å². The Morgan fingerprint density at radius 1 is 1.19 bits per heavy atom. The summed E-state index contributed by atoms with van der Waals surface area (Å²) in [7, 11) is 1.88. The molecule has 2 atom stereocenters. The summed E-state index contributed by atoms with van der Waals surface area (Å²) in [6, 6.07) is 7.07. The van der Waals surface area contributed by atoms with Gasteiger partial charge in [0.05, 0.1) is 35.8 Å². The van der Waals surface area contributed by atoms with Crippen molar-refractivity contribution in [2.75, 3.05) is 0 Å². The molecule has 1 aliphatic carbocycles. The minimum Gasteiger partial charge on any atom is -0.548 e. The van der Waals surface area contributed by atoms with E-state index in [9.17, 15) is 14.7 Å². The molecule has 1 aromatic heterocycles. The maximum absolute atomic E-state index is 12.7. The van der Waals surface area contributed by atoms with Gasteiger partial charge in [0, 0.05) is 18.5 Å². The molecular weight excluding hydrogens is 343 g/mol. The van der Waals surface area contributed by atoms with Gasteiger partial charge in [-0.25, -0.2) is 0 Å². The van der Waals surface area contributed by atoms with Gasteiger partial charge in [-0.2, -0.15) is 5.10 Å². The summed E-state index contributed by atoms with van der Waals surface area (Å²) < 4.78 is 1.80. The molecule has 2 aliphatic rings. The Morgan fingerprint density at radius 2 is 1.88 bits per heavy atom. The van der Waals surface area contributed by atoms with E-state index in [4.69, 9.17) is 0 Å². The van der Waals surface area contributed by atoms with Crippen LogP contribution in [-0.4, -0.2) is 44.7 Å². The van der Waals surface area contributed by atoms with Gasteiger partial charge in [0.25, 0.3) is 0 Å². The van der Waals surface area contributed by atoms with Crippen molar-refractivity contribution in [3.63, 3.8) is 0 Å². The number of nitrogens with one attached hydrogen (secondary N) is 1. The summed E-state index contributed by atoms with van der Waals surface area (Å²) in [4.78, 5) is 25.9. The number of amides is 1. The van der Waals surface area contributed by atoms with Gasteiger partial charge in [-0.3, -0.25) is 14.4 Å². The first-order valence-corrected chi connectivity index (χ1v) is 8.73. The number of likely N-dealkylation sites (tertiary alicyclic amines) is 1. The third-order valence-electron chi connectivity index (χ3n) is 5.24. The number of carboxylic acids is 1. The molecular formula is C18H21N4NaO3. The minimum absolute atomic E-state index is 0. The summed E-state index contributed by atoms with van der Waals surface area (Å²) in [5.74, 6) is -1.19. The maximum Gasteiger partial charge on any atom is 1.00 e. The summed E-state index contributed by atoms with van der Waals surface area (Å²) in [6.07, 6.45) is 2.95. The van der Waals surface area contributed by atoms with E-state index >= 15 is 0 Å². The fraction of sp³-hybridized carbons (Fsp3) is 0.500. The number of aromatic nitrogens is 2. The Bertz CT molecular complexity index is 833. The van der Waals surface area contributed by atoms with Crippen molar-refractivity contribution in [1.82, 2.24) is 20.0 Å². The smallest absolute Gasteiger partial charge is 0.548 e. The monoisotopic (exact) mass is 364 g/mol. The fourth-order valence-electron chi connectivity index (χ4n) is 3.93. The maximum atomic E-state index is 12.7. The van der Waals surface area contributed by atoms with E-state index in [2.05, 4.69) is 10.4 Å². The Hall–Kier alpha value is -1.41. The van der Waals surface area contributed by atoms with Crippen LogP contribution >= 0.6 is 0 Å². The van der Waals surface area contributed by atoms with Crippen molar-refractivity contribution in [2.45, 2.75) is 50.4 Å². The summed E-state index contributed by atoms with van der Waals surface area (Å²) in [5.41, 5.74) is 1.84. The molecule has 0 radical (unpaired) electrons. The van der Waals surface area contributed by atoms with Crippen molar-refractivity contribution in [3.8, 4) is 0 Å². The van der Waals surface area contributed by atoms with Crippen molar-refractivity contribution >= 4 is 22.8 Å². The predicted octanol–water partition coefficient (Wildman–Crippen LogP) is -3.06. The average molecular weight is 364 g/mol. The molecule has 2 unspecified atom stereocenters. The predicted molar refractivity (Wildman–Crippen MR) is 89.2 cm³/mol. The molecule has 1 amide bonds. The number of carbonyl (C=O) groups is 2. The van der Waals surface area contributed by atoms with Gasteiger partial charge in [-0.1, -0.05) is 18.2 Å². The average Bonchev–Trinajstić information content (AvgIpc) is 3.26. The molecule has 2 aromatic rings. The minimum atomic E-state index is -1.07. The summed E-state index contributed by atoms with van der Waals surface area (Å²) in [6.45, 7) is 0.338. The van der Waals surface area contributed by atoms with Crippen LogP contribution in [0.5, 0.6) is 0 Å². The number of para-hydroxylation sites is 1. The van der Waals surface area contributed by atoms with Crippen LogP contribution in [0.2, 0.25) is 0 Å². The standard InChI is InChI=1S/C18H22N4O3.Na/c1-21-14-5-3-2-4-12(14)13(20-21)10-19-17(23)15-8-9-16(18(24)25)22(15)11-6-7-11;/h2-5,11,15-16H,6-10H2,1H3,(H,19,23)(H,24,25);/q;+1/p-1. The van der Waals surface area contributed by atoms with E-state index in [0.29, 0.717) is 19.4 Å². The number of carbonyl (C=O) groups excluding carboxylic acids is 2. The van der Waals surface area contributed by atoms with E-state index in [1.54, 1.807) is 4.68 Å². The normalized spacial score (nSPS) is 23.0. The molecule has 2 fully saturated rings. The van der Waals surface area contributed by atoms with Gasteiger partial charge in [0.1, 0.15) is 0 Å². The number of benzene rings is 1. The molecule has 1 N–H and O–H groups in total. The number of aryl methyl sites for hydroxylation is 1. The van der Waals surface area contributed by atoms with Gasteiger partial charge in [-0.15, -0.1) is 0 Å². The number of hydrogen-bond acceptors (Lipinski definition) is 5. The third-order valence-corrected chi connectivity index (χ3v) is 5.24. The van der Waals surface area contributed by atoms with Crippen molar-refractivity contribution in [1.29, 1.82) is 0 Å². The largest absolute Gasteiger partial charge is 1.00 e. The number of hydrogen-bond donors (Lipinski definition) is 1. The third kappa shape index (κ3) is 3.53. The summed E-state index contributed by atoms with van der Waals surface area (Å²) in [5, 5.41) is 19.8. The Kier molecular flexibility index (Phi) is 5.72. The SMILES string of the molecule is Cn1nc(CNC(=O)C2CCC(C(=O)[O-])N2C2CC2)c2ccccc21.[Na+]. The molecule has 0 spiro atoms. The van der Waals surface area contributed by atoms with Gasteiger partial charge in [0.15, 0.2) is 0 Å². The quantitative estimate of drug-likeness (QED) is 0.569. The second-order valence-electron chi connectivity index (χ2n) is 6.91. The number of aliphatic carboxylic acids is 1. The molecule has 2 heterocycles. The Balaban J connectivity index is 0.00000196. The number of rotatable bonds is 5. The first kappa shape index (κ1) is 19.4. The molecule has 7 nitrogen and oxygen atoms in total. The molecule has 1 aromatic carbocycles. The molecule has 8 heteroatoms. The van der Waals surface area contributed by atoms with Crippen LogP contribution in [0.1, 0.15) is 31.4 Å². The molecule has 1 saturated heterocycles. The van der Waals surface area contributed by atoms with Gasteiger partial charge in [0.2, 0.25) is 5.91 Å². The molecule has 132 valence electrons. The molecule has 0 bridgehead atoms. The molecule has 1 saturated carbocycles. The van der Waals surface area contributed by atoms with Crippen LogP contribution in [0.3, 0.4) is 0 Å². The van der Waals surface area contributed by atoms with Crippen LogP contribution in [0.15, 0.2) is 24.3 Å². The van der Waals surface area contributed by atoms with Crippen LogP contribution in [-0.2, 0) is 23.2 Å². The fourth-order valence-corrected chi connectivity index (χ4v) is 3.93. The van der Waals surface area contributed by atoms with E-state index in [0.717, 1.165) is 29.4 Å². The van der Waals surface area contributed by atoms with Crippen LogP contribution in [0, 0.1) is 0 Å². The second kappa shape index (κ2) is 7.68.